The molecule has 0 saturated heterocycles. The second-order valence-electron chi connectivity index (χ2n) is 9.26. The summed E-state index contributed by atoms with van der Waals surface area (Å²) in [4.78, 5) is 28.5. The zero-order valence-electron chi connectivity index (χ0n) is 21.5. The number of amides is 1. The molecule has 9 nitrogen and oxygen atoms in total. The molecule has 0 aliphatic carbocycles. The molecular formula is C26H23F4N3O6S2. The number of carbonyl (C=O) groups excluding carboxylic acids is 1. The van der Waals surface area contributed by atoms with Crippen LogP contribution in [0.15, 0.2) is 59.5 Å². The van der Waals surface area contributed by atoms with E-state index < -0.39 is 66.9 Å². The molecule has 2 aromatic heterocycles. The van der Waals surface area contributed by atoms with Gasteiger partial charge in [0.15, 0.2) is 9.84 Å². The quantitative estimate of drug-likeness (QED) is 0.290. The number of nitrogens with one attached hydrogen (secondary N) is 2. The van der Waals surface area contributed by atoms with E-state index in [2.05, 4.69) is 4.98 Å². The molecule has 2 aromatic carbocycles. The smallest absolute Gasteiger partial charge is 0.331 e. The van der Waals surface area contributed by atoms with Gasteiger partial charge in [-0.3, -0.25) is 9.59 Å². The minimum Gasteiger partial charge on any atom is -0.331 e. The molecule has 0 saturated carbocycles. The SMILES string of the molecule is CCS(=O)(=O)Cc1ccc(F)c(Cn2c(C(=O)NS(C)(=O)=O)c(-c3ccc[nH]c3=O)c3cc(C(F)(F)F)ccc32)c1. The predicted molar refractivity (Wildman–Crippen MR) is 144 cm³/mol. The average Bonchev–Trinajstić information content (AvgIpc) is 3.18. The van der Waals surface area contributed by atoms with Crippen LogP contribution in [0.2, 0.25) is 0 Å². The van der Waals surface area contributed by atoms with E-state index in [-0.39, 0.29) is 38.9 Å². The second kappa shape index (κ2) is 10.8. The first-order chi connectivity index (χ1) is 19.0. The van der Waals surface area contributed by atoms with Crippen molar-refractivity contribution in [3.8, 4) is 11.1 Å². The summed E-state index contributed by atoms with van der Waals surface area (Å²) in [6.45, 7) is 0.922. The fourth-order valence-corrected chi connectivity index (χ4v) is 5.73. The molecule has 15 heteroatoms. The molecule has 2 heterocycles. The number of alkyl halides is 3. The number of halogens is 4. The Kier molecular flexibility index (Phi) is 7.88. The minimum absolute atomic E-state index is 0.0408. The molecule has 41 heavy (non-hydrogen) atoms. The Morgan fingerprint density at radius 1 is 1.05 bits per heavy atom. The van der Waals surface area contributed by atoms with Gasteiger partial charge in [0.2, 0.25) is 10.0 Å². The first-order valence-electron chi connectivity index (χ1n) is 11.9. The summed E-state index contributed by atoms with van der Waals surface area (Å²) in [6.07, 6.45) is -2.86. The van der Waals surface area contributed by atoms with Crippen molar-refractivity contribution in [2.45, 2.75) is 25.4 Å². The molecule has 0 bridgehead atoms. The normalized spacial score (nSPS) is 12.5. The maximum Gasteiger partial charge on any atom is 0.416 e. The van der Waals surface area contributed by atoms with Gasteiger partial charge >= 0.3 is 6.18 Å². The fraction of sp³-hybridized carbons (Fsp3) is 0.231. The number of pyridine rings is 1. The first-order valence-corrected chi connectivity index (χ1v) is 15.6. The predicted octanol–water partition coefficient (Wildman–Crippen LogP) is 3.83. The first kappa shape index (κ1) is 30.0. The summed E-state index contributed by atoms with van der Waals surface area (Å²) < 4.78 is 107. The highest BCUT2D eigenvalue weighted by Crippen LogP contribution is 2.38. The number of aromatic amines is 1. The van der Waals surface area contributed by atoms with Crippen LogP contribution >= 0.6 is 0 Å². The van der Waals surface area contributed by atoms with E-state index in [9.17, 15) is 39.6 Å². The number of benzene rings is 2. The molecule has 0 spiro atoms. The van der Waals surface area contributed by atoms with E-state index >= 15 is 4.39 Å². The Bertz CT molecular complexity index is 1950. The van der Waals surface area contributed by atoms with Crippen LogP contribution in [-0.2, 0) is 38.3 Å². The summed E-state index contributed by atoms with van der Waals surface area (Å²) in [7, 11) is -7.71. The zero-order chi connectivity index (χ0) is 30.3. The molecule has 0 aliphatic rings. The summed E-state index contributed by atoms with van der Waals surface area (Å²) >= 11 is 0. The third-order valence-corrected chi connectivity index (χ3v) is 8.45. The van der Waals surface area contributed by atoms with E-state index in [1.54, 1.807) is 4.72 Å². The molecule has 0 atom stereocenters. The molecule has 0 unspecified atom stereocenters. The van der Waals surface area contributed by atoms with Gasteiger partial charge in [0.25, 0.3) is 11.5 Å². The standard InChI is InChI=1S/C26H23F4N3O6S2/c1-3-41(38,39)14-15-6-8-20(27)16(11-15)13-33-21-9-7-17(26(28,29)30)12-19(21)22(18-5-4-10-31-24(18)34)23(33)25(35)32-40(2,36)37/h4-12H,3,13-14H2,1-2H3,(H,31,34)(H,32,35). The molecule has 0 aliphatic heterocycles. The van der Waals surface area contributed by atoms with Gasteiger partial charge in [-0.15, -0.1) is 0 Å². The van der Waals surface area contributed by atoms with Crippen molar-refractivity contribution in [3.05, 3.63) is 93.3 Å². The van der Waals surface area contributed by atoms with Crippen molar-refractivity contribution < 1.29 is 39.2 Å². The van der Waals surface area contributed by atoms with Gasteiger partial charge < -0.3 is 9.55 Å². The maximum atomic E-state index is 15.0. The summed E-state index contributed by atoms with van der Waals surface area (Å²) in [5, 5.41) is -0.222. The van der Waals surface area contributed by atoms with E-state index in [1.165, 1.54) is 37.4 Å². The molecule has 218 valence electrons. The number of carbonyl (C=O) groups is 1. The van der Waals surface area contributed by atoms with Crippen molar-refractivity contribution in [3.63, 3.8) is 0 Å². The lowest BCUT2D eigenvalue weighted by atomic mass is 10.0. The number of fused-ring (bicyclic) bond motifs is 1. The minimum atomic E-state index is -4.81. The number of hydrogen-bond donors (Lipinski definition) is 2. The van der Waals surface area contributed by atoms with E-state index in [0.717, 1.165) is 22.8 Å². The van der Waals surface area contributed by atoms with Gasteiger partial charge in [0.1, 0.15) is 11.5 Å². The molecule has 1 amide bonds. The number of aromatic nitrogens is 2. The van der Waals surface area contributed by atoms with Crippen LogP contribution in [0, 0.1) is 5.82 Å². The number of sulfonamides is 1. The molecule has 4 rings (SSSR count). The van der Waals surface area contributed by atoms with Gasteiger partial charge in [-0.2, -0.15) is 13.2 Å². The van der Waals surface area contributed by atoms with Crippen LogP contribution in [0.25, 0.3) is 22.0 Å². The van der Waals surface area contributed by atoms with Crippen LogP contribution in [0.5, 0.6) is 0 Å². The number of nitrogens with zero attached hydrogens (tertiary/aromatic N) is 1. The Morgan fingerprint density at radius 3 is 2.37 bits per heavy atom. The monoisotopic (exact) mass is 613 g/mol. The number of H-pyrrole nitrogens is 1. The van der Waals surface area contributed by atoms with E-state index in [1.807, 2.05) is 0 Å². The van der Waals surface area contributed by atoms with Gasteiger partial charge in [0.05, 0.1) is 24.1 Å². The molecule has 0 radical (unpaired) electrons. The average molecular weight is 614 g/mol. The highest BCUT2D eigenvalue weighted by molar-refractivity contribution is 7.90. The summed E-state index contributed by atoms with van der Waals surface area (Å²) in [6, 6.07) is 8.60. The number of hydrogen-bond acceptors (Lipinski definition) is 6. The van der Waals surface area contributed by atoms with Gasteiger partial charge in [-0.25, -0.2) is 25.9 Å². The molecule has 2 N–H and O–H groups in total. The van der Waals surface area contributed by atoms with Crippen molar-refractivity contribution in [2.75, 3.05) is 12.0 Å². The van der Waals surface area contributed by atoms with Crippen molar-refractivity contribution in [1.29, 1.82) is 0 Å². The topological polar surface area (TPSA) is 135 Å². The lowest BCUT2D eigenvalue weighted by Crippen LogP contribution is -2.32. The van der Waals surface area contributed by atoms with Gasteiger partial charge in [-0.1, -0.05) is 19.1 Å². The van der Waals surface area contributed by atoms with Crippen molar-refractivity contribution in [1.82, 2.24) is 14.3 Å². The molecular weight excluding hydrogens is 590 g/mol. The highest BCUT2D eigenvalue weighted by atomic mass is 32.2. The van der Waals surface area contributed by atoms with Crippen LogP contribution in [-0.4, -0.2) is 44.3 Å². The zero-order valence-corrected chi connectivity index (χ0v) is 23.2. The Labute approximate surface area is 231 Å². The number of rotatable bonds is 8. The van der Waals surface area contributed by atoms with E-state index in [4.69, 9.17) is 0 Å². The third kappa shape index (κ3) is 6.51. The lowest BCUT2D eigenvalue weighted by molar-refractivity contribution is -0.137. The summed E-state index contributed by atoms with van der Waals surface area (Å²) in [5.41, 5.74) is -2.91. The Balaban J connectivity index is 2.07. The van der Waals surface area contributed by atoms with Gasteiger partial charge in [0, 0.05) is 39.5 Å². The largest absolute Gasteiger partial charge is 0.416 e. The highest BCUT2D eigenvalue weighted by Gasteiger charge is 2.33. The number of sulfone groups is 1. The Morgan fingerprint density at radius 2 is 1.76 bits per heavy atom. The van der Waals surface area contributed by atoms with Crippen molar-refractivity contribution >= 4 is 36.7 Å². The molecule has 4 aromatic rings. The van der Waals surface area contributed by atoms with Gasteiger partial charge in [-0.05, 0) is 42.0 Å². The van der Waals surface area contributed by atoms with Crippen molar-refractivity contribution in [2.24, 2.45) is 0 Å². The Hall–Kier alpha value is -3.98. The second-order valence-corrected chi connectivity index (χ2v) is 13.4. The van der Waals surface area contributed by atoms with Crippen LogP contribution in [0.3, 0.4) is 0 Å². The third-order valence-electron chi connectivity index (χ3n) is 6.24. The fourth-order valence-electron chi connectivity index (χ4n) is 4.40. The lowest BCUT2D eigenvalue weighted by Gasteiger charge is -2.14. The molecule has 0 fully saturated rings. The van der Waals surface area contributed by atoms with Crippen LogP contribution < -0.4 is 10.3 Å². The van der Waals surface area contributed by atoms with E-state index in [0.29, 0.717) is 12.3 Å². The van der Waals surface area contributed by atoms with Crippen LogP contribution in [0.1, 0.15) is 34.1 Å². The maximum absolute atomic E-state index is 15.0. The van der Waals surface area contributed by atoms with Crippen LogP contribution in [0.4, 0.5) is 17.6 Å². The summed E-state index contributed by atoms with van der Waals surface area (Å²) in [5.74, 6) is -2.68.